The Morgan fingerprint density at radius 2 is 1.56 bits per heavy atom. The summed E-state index contributed by atoms with van der Waals surface area (Å²) in [4.78, 5) is 26.5. The highest BCUT2D eigenvalue weighted by Crippen LogP contribution is 2.32. The molecule has 36 heavy (non-hydrogen) atoms. The largest absolute Gasteiger partial charge is 0.480 e. The minimum atomic E-state index is -4.04. The summed E-state index contributed by atoms with van der Waals surface area (Å²) in [7, 11) is -4.04. The van der Waals surface area contributed by atoms with Crippen LogP contribution in [0.15, 0.2) is 59.5 Å². The zero-order valence-electron chi connectivity index (χ0n) is 20.2. The van der Waals surface area contributed by atoms with Crippen LogP contribution >= 0.6 is 0 Å². The van der Waals surface area contributed by atoms with Crippen molar-refractivity contribution >= 4 is 27.6 Å². The third-order valence-corrected chi connectivity index (χ3v) is 8.69. The second-order valence-electron chi connectivity index (χ2n) is 9.49. The maximum absolute atomic E-state index is 12.6. The Kier molecular flexibility index (Phi) is 8.60. The molecule has 2 aromatic carbocycles. The first-order chi connectivity index (χ1) is 17.3. The van der Waals surface area contributed by atoms with Crippen molar-refractivity contribution in [2.24, 2.45) is 11.8 Å². The van der Waals surface area contributed by atoms with Crippen molar-refractivity contribution in [2.45, 2.75) is 36.6 Å². The van der Waals surface area contributed by atoms with Gasteiger partial charge in [0.1, 0.15) is 6.04 Å². The SMILES string of the molecule is O=C(NCC(NS(=O)(=O)c1ccccc1)C(=O)O)c1ccc(N2CCC(C3CCNCC3)CC2)cc1. The Hall–Kier alpha value is -2.95. The molecule has 4 rings (SSSR count). The van der Waals surface area contributed by atoms with Crippen molar-refractivity contribution in [3.05, 3.63) is 60.2 Å². The van der Waals surface area contributed by atoms with E-state index < -0.39 is 27.9 Å². The number of carbonyl (C=O) groups is 2. The van der Waals surface area contributed by atoms with E-state index in [1.165, 1.54) is 37.8 Å². The average Bonchev–Trinajstić information content (AvgIpc) is 2.92. The number of carboxylic acid groups (broad SMARTS) is 1. The Morgan fingerprint density at radius 1 is 0.944 bits per heavy atom. The number of amides is 1. The fourth-order valence-electron chi connectivity index (χ4n) is 5.10. The Balaban J connectivity index is 1.29. The van der Waals surface area contributed by atoms with Gasteiger partial charge in [-0.05, 0) is 87.0 Å². The van der Waals surface area contributed by atoms with Crippen LogP contribution in [0.25, 0.3) is 0 Å². The summed E-state index contributed by atoms with van der Waals surface area (Å²) in [6.07, 6.45) is 4.90. The maximum atomic E-state index is 12.6. The molecule has 10 heteroatoms. The molecule has 1 atom stereocenters. The van der Waals surface area contributed by atoms with Crippen LogP contribution in [-0.2, 0) is 14.8 Å². The highest BCUT2D eigenvalue weighted by Gasteiger charge is 2.28. The van der Waals surface area contributed by atoms with Gasteiger partial charge in [0, 0.05) is 30.9 Å². The van der Waals surface area contributed by atoms with Crippen LogP contribution in [0.2, 0.25) is 0 Å². The fraction of sp³-hybridized carbons (Fsp3) is 0.462. The summed E-state index contributed by atoms with van der Waals surface area (Å²) < 4.78 is 27.1. The van der Waals surface area contributed by atoms with Crippen molar-refractivity contribution in [1.82, 2.24) is 15.4 Å². The summed E-state index contributed by atoms with van der Waals surface area (Å²) >= 11 is 0. The van der Waals surface area contributed by atoms with E-state index in [0.29, 0.717) is 5.56 Å². The molecule has 0 aromatic heterocycles. The van der Waals surface area contributed by atoms with Crippen molar-refractivity contribution in [3.63, 3.8) is 0 Å². The van der Waals surface area contributed by atoms with Crippen LogP contribution < -0.4 is 20.3 Å². The van der Waals surface area contributed by atoms with Gasteiger partial charge in [-0.2, -0.15) is 4.72 Å². The molecule has 0 bridgehead atoms. The van der Waals surface area contributed by atoms with Gasteiger partial charge in [0.25, 0.3) is 5.91 Å². The first kappa shape index (κ1) is 26.1. The zero-order chi connectivity index (χ0) is 25.5. The molecule has 1 unspecified atom stereocenters. The van der Waals surface area contributed by atoms with E-state index in [4.69, 9.17) is 0 Å². The number of carbonyl (C=O) groups excluding carboxylic acids is 1. The lowest BCUT2D eigenvalue weighted by molar-refractivity contribution is -0.138. The summed E-state index contributed by atoms with van der Waals surface area (Å²) in [5.74, 6) is -0.226. The van der Waals surface area contributed by atoms with Crippen molar-refractivity contribution in [3.8, 4) is 0 Å². The normalized spacial score (nSPS) is 18.5. The number of rotatable bonds is 9. The predicted octanol–water partition coefficient (Wildman–Crippen LogP) is 2.06. The van der Waals surface area contributed by atoms with E-state index in [2.05, 4.69) is 20.3 Å². The number of hydrogen-bond acceptors (Lipinski definition) is 6. The topological polar surface area (TPSA) is 128 Å². The lowest BCUT2D eigenvalue weighted by Gasteiger charge is -2.38. The van der Waals surface area contributed by atoms with Gasteiger partial charge in [-0.15, -0.1) is 0 Å². The van der Waals surface area contributed by atoms with Crippen LogP contribution in [0.1, 0.15) is 36.0 Å². The fourth-order valence-corrected chi connectivity index (χ4v) is 6.31. The Bertz CT molecular complexity index is 1130. The van der Waals surface area contributed by atoms with Gasteiger partial charge in [0.15, 0.2) is 0 Å². The standard InChI is InChI=1S/C26H34N4O5S/c31-25(28-18-24(26(32)33)29-36(34,35)23-4-2-1-3-5-23)21-6-8-22(9-7-21)30-16-12-20(13-17-30)19-10-14-27-15-11-19/h1-9,19-20,24,27,29H,10-18H2,(H,28,31)(H,32,33). The minimum absolute atomic E-state index is 0.0436. The number of carboxylic acids is 1. The third kappa shape index (κ3) is 6.63. The van der Waals surface area contributed by atoms with Crippen LogP contribution in [0.5, 0.6) is 0 Å². The summed E-state index contributed by atoms with van der Waals surface area (Å²) in [5.41, 5.74) is 1.45. The molecule has 9 nitrogen and oxygen atoms in total. The molecule has 2 saturated heterocycles. The molecular formula is C26H34N4O5S. The van der Waals surface area contributed by atoms with Crippen LogP contribution in [0, 0.1) is 11.8 Å². The summed E-state index contributed by atoms with van der Waals surface area (Å²) in [5, 5.41) is 15.4. The first-order valence-corrected chi connectivity index (χ1v) is 14.0. The number of aliphatic carboxylic acids is 1. The Morgan fingerprint density at radius 3 is 2.17 bits per heavy atom. The molecule has 2 aliphatic heterocycles. The van der Waals surface area contributed by atoms with Crippen molar-refractivity contribution < 1.29 is 23.1 Å². The first-order valence-electron chi connectivity index (χ1n) is 12.5. The van der Waals surface area contributed by atoms with E-state index in [9.17, 15) is 23.1 Å². The molecule has 0 aliphatic carbocycles. The van der Waals surface area contributed by atoms with Crippen molar-refractivity contribution in [2.75, 3.05) is 37.6 Å². The monoisotopic (exact) mass is 514 g/mol. The van der Waals surface area contributed by atoms with Crippen LogP contribution in [0.3, 0.4) is 0 Å². The smallest absolute Gasteiger partial charge is 0.323 e. The third-order valence-electron chi connectivity index (χ3n) is 7.20. The summed E-state index contributed by atoms with van der Waals surface area (Å²) in [6, 6.07) is 13.3. The number of hydrogen-bond donors (Lipinski definition) is 4. The van der Waals surface area contributed by atoms with Gasteiger partial charge >= 0.3 is 5.97 Å². The number of anilines is 1. The number of benzene rings is 2. The van der Waals surface area contributed by atoms with E-state index in [1.807, 2.05) is 12.1 Å². The van der Waals surface area contributed by atoms with E-state index in [-0.39, 0.29) is 11.4 Å². The van der Waals surface area contributed by atoms with Gasteiger partial charge in [0.2, 0.25) is 10.0 Å². The molecule has 0 saturated carbocycles. The second kappa shape index (κ2) is 11.9. The lowest BCUT2D eigenvalue weighted by Crippen LogP contribution is -2.48. The maximum Gasteiger partial charge on any atom is 0.323 e. The lowest BCUT2D eigenvalue weighted by atomic mass is 9.79. The molecule has 0 spiro atoms. The molecule has 0 radical (unpaired) electrons. The molecule has 4 N–H and O–H groups in total. The Labute approximate surface area is 212 Å². The highest BCUT2D eigenvalue weighted by molar-refractivity contribution is 7.89. The molecule has 194 valence electrons. The van der Waals surface area contributed by atoms with Gasteiger partial charge in [-0.25, -0.2) is 8.42 Å². The van der Waals surface area contributed by atoms with Crippen LogP contribution in [-0.4, -0.2) is 64.2 Å². The molecule has 2 aromatic rings. The molecule has 2 aliphatic rings. The van der Waals surface area contributed by atoms with Crippen LogP contribution in [0.4, 0.5) is 5.69 Å². The van der Waals surface area contributed by atoms with Gasteiger partial charge in [0.05, 0.1) is 4.90 Å². The minimum Gasteiger partial charge on any atom is -0.480 e. The van der Waals surface area contributed by atoms with E-state index in [1.54, 1.807) is 30.3 Å². The van der Waals surface area contributed by atoms with Gasteiger partial charge in [-0.1, -0.05) is 18.2 Å². The molecular weight excluding hydrogens is 480 g/mol. The average molecular weight is 515 g/mol. The molecule has 1 amide bonds. The quantitative estimate of drug-likeness (QED) is 0.403. The van der Waals surface area contributed by atoms with Crippen molar-refractivity contribution in [1.29, 1.82) is 0 Å². The van der Waals surface area contributed by atoms with E-state index >= 15 is 0 Å². The molecule has 2 fully saturated rings. The van der Waals surface area contributed by atoms with Gasteiger partial charge < -0.3 is 20.6 Å². The number of nitrogens with zero attached hydrogens (tertiary/aromatic N) is 1. The second-order valence-corrected chi connectivity index (χ2v) is 11.2. The number of piperidine rings is 2. The zero-order valence-corrected chi connectivity index (χ0v) is 21.0. The van der Waals surface area contributed by atoms with E-state index in [0.717, 1.165) is 43.7 Å². The van der Waals surface area contributed by atoms with Gasteiger partial charge in [-0.3, -0.25) is 9.59 Å². The highest BCUT2D eigenvalue weighted by atomic mass is 32.2. The summed E-state index contributed by atoms with van der Waals surface area (Å²) in [6.45, 7) is 3.87. The predicted molar refractivity (Wildman–Crippen MR) is 137 cm³/mol. The molecule has 2 heterocycles. The number of sulfonamides is 1. The number of nitrogens with one attached hydrogen (secondary N) is 3.